The van der Waals surface area contributed by atoms with Crippen molar-refractivity contribution < 1.29 is 4.79 Å². The predicted molar refractivity (Wildman–Crippen MR) is 140 cm³/mol. The molecule has 7 heteroatoms. The minimum Gasteiger partial charge on any atom is -0.336 e. The molecule has 1 fully saturated rings. The van der Waals surface area contributed by atoms with Gasteiger partial charge in [0.2, 0.25) is 0 Å². The Hall–Kier alpha value is -3.48. The van der Waals surface area contributed by atoms with Crippen LogP contribution in [0.25, 0.3) is 22.0 Å². The zero-order chi connectivity index (χ0) is 24.5. The zero-order valence-electron chi connectivity index (χ0n) is 19.9. The first-order chi connectivity index (χ1) is 16.9. The van der Waals surface area contributed by atoms with Crippen molar-refractivity contribution in [2.75, 3.05) is 26.2 Å². The second-order valence-electron chi connectivity index (χ2n) is 9.08. The summed E-state index contributed by atoms with van der Waals surface area (Å²) in [4.78, 5) is 30.2. The topological polar surface area (TPSA) is 58.4 Å². The van der Waals surface area contributed by atoms with Crippen LogP contribution in [-0.2, 0) is 6.67 Å². The van der Waals surface area contributed by atoms with E-state index in [2.05, 4.69) is 36.9 Å². The Morgan fingerprint density at radius 3 is 2.31 bits per heavy atom. The number of nitrogens with zero attached hydrogens (tertiary/aromatic N) is 4. The largest absolute Gasteiger partial charge is 0.336 e. The highest BCUT2D eigenvalue weighted by atomic mass is 35.5. The third-order valence-corrected chi connectivity index (χ3v) is 6.85. The van der Waals surface area contributed by atoms with Gasteiger partial charge in [0.05, 0.1) is 17.7 Å². The lowest BCUT2D eigenvalue weighted by atomic mass is 9.99. The number of carbonyl (C=O) groups is 1. The molecule has 1 aliphatic rings. The van der Waals surface area contributed by atoms with Crippen LogP contribution < -0.4 is 5.56 Å². The van der Waals surface area contributed by atoms with Gasteiger partial charge in [0.1, 0.15) is 0 Å². The molecule has 6 nitrogen and oxygen atoms in total. The third-order valence-electron chi connectivity index (χ3n) is 6.60. The Balaban J connectivity index is 1.40. The fourth-order valence-electron chi connectivity index (χ4n) is 4.58. The fourth-order valence-corrected chi connectivity index (χ4v) is 4.70. The molecule has 3 aromatic carbocycles. The number of piperazine rings is 1. The summed E-state index contributed by atoms with van der Waals surface area (Å²) in [6.07, 6.45) is 0. The molecule has 35 heavy (non-hydrogen) atoms. The van der Waals surface area contributed by atoms with Gasteiger partial charge in [0, 0.05) is 47.7 Å². The molecule has 2 heterocycles. The molecule has 0 radical (unpaired) electrons. The van der Waals surface area contributed by atoms with E-state index in [1.165, 1.54) is 0 Å². The van der Waals surface area contributed by atoms with Crippen LogP contribution in [0.2, 0.25) is 5.02 Å². The van der Waals surface area contributed by atoms with Crippen LogP contribution in [0, 0.1) is 13.8 Å². The second-order valence-corrected chi connectivity index (χ2v) is 9.51. The minimum atomic E-state index is -0.102. The monoisotopic (exact) mass is 486 g/mol. The summed E-state index contributed by atoms with van der Waals surface area (Å²) >= 11 is 5.95. The van der Waals surface area contributed by atoms with Crippen molar-refractivity contribution in [3.05, 3.63) is 98.8 Å². The molecule has 1 saturated heterocycles. The number of aromatic nitrogens is 2. The summed E-state index contributed by atoms with van der Waals surface area (Å²) in [5.74, 6) is -0.000442. The van der Waals surface area contributed by atoms with Gasteiger partial charge in [-0.25, -0.2) is 4.68 Å². The minimum absolute atomic E-state index is 0.000442. The number of rotatable bonds is 4. The van der Waals surface area contributed by atoms with Gasteiger partial charge in [-0.1, -0.05) is 47.5 Å². The summed E-state index contributed by atoms with van der Waals surface area (Å²) < 4.78 is 1.57. The molecule has 0 unspecified atom stereocenters. The SMILES string of the molecule is Cc1ccc(C)c(-c2nn(CN3CCN(C(=O)c4ccc(Cl)cc4)CC3)c(=O)c3ccccc23)c1. The summed E-state index contributed by atoms with van der Waals surface area (Å²) in [7, 11) is 0. The lowest BCUT2D eigenvalue weighted by Gasteiger charge is -2.34. The first-order valence-electron chi connectivity index (χ1n) is 11.8. The number of halogens is 1. The van der Waals surface area contributed by atoms with E-state index >= 15 is 0 Å². The van der Waals surface area contributed by atoms with E-state index < -0.39 is 0 Å². The van der Waals surface area contributed by atoms with E-state index in [4.69, 9.17) is 16.7 Å². The van der Waals surface area contributed by atoms with E-state index in [-0.39, 0.29) is 11.5 Å². The quantitative estimate of drug-likeness (QED) is 0.417. The Kier molecular flexibility index (Phi) is 6.41. The maximum atomic E-state index is 13.3. The molecule has 0 bridgehead atoms. The number of fused-ring (bicyclic) bond motifs is 1. The van der Waals surface area contributed by atoms with Crippen molar-refractivity contribution in [1.29, 1.82) is 0 Å². The second kappa shape index (κ2) is 9.64. The maximum Gasteiger partial charge on any atom is 0.275 e. The molecule has 1 amide bonds. The van der Waals surface area contributed by atoms with E-state index in [1.54, 1.807) is 28.9 Å². The van der Waals surface area contributed by atoms with Crippen molar-refractivity contribution in [1.82, 2.24) is 19.6 Å². The number of amides is 1. The molecule has 0 atom stereocenters. The predicted octanol–water partition coefficient (Wildman–Crippen LogP) is 4.75. The standard InChI is InChI=1S/C28H27ClN4O2/c1-19-7-8-20(2)25(17-19)26-23-5-3-4-6-24(23)28(35)33(30-26)18-31-13-15-32(16-14-31)27(34)21-9-11-22(29)12-10-21/h3-12,17H,13-16,18H2,1-2H3. The fraction of sp³-hybridized carbons (Fsp3) is 0.250. The molecule has 5 rings (SSSR count). The third kappa shape index (κ3) is 4.72. The first-order valence-corrected chi connectivity index (χ1v) is 12.1. The van der Waals surface area contributed by atoms with E-state index in [0.717, 1.165) is 27.8 Å². The molecule has 0 saturated carbocycles. The smallest absolute Gasteiger partial charge is 0.275 e. The molecule has 0 N–H and O–H groups in total. The Morgan fingerprint density at radius 2 is 1.60 bits per heavy atom. The van der Waals surface area contributed by atoms with E-state index in [9.17, 15) is 9.59 Å². The molecule has 1 aromatic heterocycles. The molecule has 1 aliphatic heterocycles. The molecule has 0 aliphatic carbocycles. The zero-order valence-corrected chi connectivity index (χ0v) is 20.6. The van der Waals surface area contributed by atoms with Gasteiger partial charge in [0.25, 0.3) is 11.5 Å². The number of carbonyl (C=O) groups excluding carboxylic acids is 1. The van der Waals surface area contributed by atoms with Crippen LogP contribution >= 0.6 is 11.6 Å². The van der Waals surface area contributed by atoms with Crippen LogP contribution in [-0.4, -0.2) is 51.7 Å². The van der Waals surface area contributed by atoms with Crippen LogP contribution in [0.4, 0.5) is 0 Å². The van der Waals surface area contributed by atoms with Crippen LogP contribution in [0.15, 0.2) is 71.5 Å². The lowest BCUT2D eigenvalue weighted by Crippen LogP contribution is -2.50. The molecular formula is C28H27ClN4O2. The average molecular weight is 487 g/mol. The van der Waals surface area contributed by atoms with Gasteiger partial charge in [-0.2, -0.15) is 5.10 Å². The molecule has 178 valence electrons. The van der Waals surface area contributed by atoms with Crippen molar-refractivity contribution in [3.63, 3.8) is 0 Å². The van der Waals surface area contributed by atoms with Crippen LogP contribution in [0.5, 0.6) is 0 Å². The van der Waals surface area contributed by atoms with E-state index in [0.29, 0.717) is 48.8 Å². The van der Waals surface area contributed by atoms with Gasteiger partial charge < -0.3 is 4.90 Å². The highest BCUT2D eigenvalue weighted by molar-refractivity contribution is 6.30. The maximum absolute atomic E-state index is 13.3. The van der Waals surface area contributed by atoms with Crippen LogP contribution in [0.3, 0.4) is 0 Å². The van der Waals surface area contributed by atoms with Crippen molar-refractivity contribution in [3.8, 4) is 11.3 Å². The molecule has 4 aromatic rings. The van der Waals surface area contributed by atoms with Crippen molar-refractivity contribution in [2.24, 2.45) is 0 Å². The summed E-state index contributed by atoms with van der Waals surface area (Å²) in [5, 5.41) is 6.98. The Bertz CT molecular complexity index is 1450. The van der Waals surface area contributed by atoms with Gasteiger partial charge >= 0.3 is 0 Å². The van der Waals surface area contributed by atoms with Crippen LogP contribution in [0.1, 0.15) is 21.5 Å². The lowest BCUT2D eigenvalue weighted by molar-refractivity contribution is 0.0583. The van der Waals surface area contributed by atoms with Crippen molar-refractivity contribution >= 4 is 28.3 Å². The summed E-state index contributed by atoms with van der Waals surface area (Å²) in [6, 6.07) is 20.9. The van der Waals surface area contributed by atoms with Gasteiger partial charge in [-0.05, 0) is 55.8 Å². The number of hydrogen-bond acceptors (Lipinski definition) is 4. The highest BCUT2D eigenvalue weighted by Gasteiger charge is 2.23. The normalized spacial score (nSPS) is 14.4. The Morgan fingerprint density at radius 1 is 0.914 bits per heavy atom. The molecule has 0 spiro atoms. The molecular weight excluding hydrogens is 460 g/mol. The van der Waals surface area contributed by atoms with Gasteiger partial charge in [-0.3, -0.25) is 14.5 Å². The number of benzene rings is 3. The average Bonchev–Trinajstić information content (AvgIpc) is 2.88. The Labute approximate surface area is 209 Å². The van der Waals surface area contributed by atoms with E-state index in [1.807, 2.05) is 29.2 Å². The first kappa shape index (κ1) is 23.3. The summed E-state index contributed by atoms with van der Waals surface area (Å²) in [6.45, 7) is 7.02. The van der Waals surface area contributed by atoms with Gasteiger partial charge in [-0.15, -0.1) is 0 Å². The highest BCUT2D eigenvalue weighted by Crippen LogP contribution is 2.28. The van der Waals surface area contributed by atoms with Gasteiger partial charge in [0.15, 0.2) is 0 Å². The van der Waals surface area contributed by atoms with Crippen molar-refractivity contribution in [2.45, 2.75) is 20.5 Å². The number of hydrogen-bond donors (Lipinski definition) is 0. The number of aryl methyl sites for hydroxylation is 2. The summed E-state index contributed by atoms with van der Waals surface area (Å²) in [5.41, 5.74) is 4.65.